The number of nitrogens with zero attached hydrogens (tertiary/aromatic N) is 6. The minimum atomic E-state index is -0.210. The van der Waals surface area contributed by atoms with Crippen LogP contribution in [0.3, 0.4) is 0 Å². The molecule has 2 spiro atoms. The fourth-order valence-electron chi connectivity index (χ4n) is 8.81. The highest BCUT2D eigenvalue weighted by atomic mass is 35.5. The number of hydrogen-bond donors (Lipinski definition) is 0. The molecule has 222 valence electrons. The average molecular weight is 589 g/mol. The Balaban J connectivity index is 1.19. The SMILES string of the molecule is C=CC(=O)N1CCN(c2nc(OCC3CCC4(CC4)N3C)nc3c2CC[C@@]2(CCC4C(Cl)=CC=CC42)C3)C[C@@H]1CC#N. The topological polar surface area (TPSA) is 85.6 Å². The van der Waals surface area contributed by atoms with Crippen LogP contribution in [0.1, 0.15) is 62.6 Å². The van der Waals surface area contributed by atoms with Crippen molar-refractivity contribution in [3.63, 3.8) is 0 Å². The van der Waals surface area contributed by atoms with Crippen LogP contribution in [0.25, 0.3) is 0 Å². The molecule has 3 heterocycles. The number of ether oxygens (including phenoxy) is 1. The molecule has 4 fully saturated rings. The molecule has 7 rings (SSSR count). The highest BCUT2D eigenvalue weighted by Gasteiger charge is 2.53. The summed E-state index contributed by atoms with van der Waals surface area (Å²) in [5.41, 5.74) is 2.85. The van der Waals surface area contributed by atoms with E-state index < -0.39 is 0 Å². The zero-order valence-corrected chi connectivity index (χ0v) is 25.4. The zero-order valence-electron chi connectivity index (χ0n) is 24.6. The van der Waals surface area contributed by atoms with E-state index in [-0.39, 0.29) is 23.8 Å². The summed E-state index contributed by atoms with van der Waals surface area (Å²) >= 11 is 6.69. The molecule has 5 atom stereocenters. The number of carbonyl (C=O) groups excluding carboxylic acids is 1. The summed E-state index contributed by atoms with van der Waals surface area (Å²) in [6.45, 7) is 6.00. The molecule has 1 amide bonds. The van der Waals surface area contributed by atoms with E-state index in [1.807, 2.05) is 0 Å². The number of amides is 1. The quantitative estimate of drug-likeness (QED) is 0.442. The van der Waals surface area contributed by atoms with Gasteiger partial charge in [-0.05, 0) is 88.3 Å². The Kier molecular flexibility index (Phi) is 7.10. The molecule has 0 N–H and O–H groups in total. The molecule has 6 aliphatic rings. The molecule has 3 unspecified atom stereocenters. The van der Waals surface area contributed by atoms with E-state index in [0.717, 1.165) is 55.1 Å². The van der Waals surface area contributed by atoms with E-state index in [0.29, 0.717) is 55.7 Å². The lowest BCUT2D eigenvalue weighted by Gasteiger charge is -2.44. The minimum absolute atomic E-state index is 0.122. The standard InChI is InChI=1S/C33H41ClN6O2/c1-3-29(41)40-18-17-39(20-22(40)10-16-35)30-25-9-12-32(11-8-24-26(32)5-4-6-27(24)34)19-28(25)36-31(37-30)42-21-23-7-13-33(14-15-33)38(23)2/h3-6,22-24,26H,1,7-15,17-21H2,2H3/t22-,23?,24?,26?,32-/m0/s1. The predicted molar refractivity (Wildman–Crippen MR) is 162 cm³/mol. The Morgan fingerprint density at radius 3 is 2.83 bits per heavy atom. The van der Waals surface area contributed by atoms with E-state index in [1.165, 1.54) is 30.9 Å². The van der Waals surface area contributed by atoms with Gasteiger partial charge >= 0.3 is 6.01 Å². The highest BCUT2D eigenvalue weighted by molar-refractivity contribution is 6.30. The fraction of sp³-hybridized carbons (Fsp3) is 0.636. The van der Waals surface area contributed by atoms with Gasteiger partial charge < -0.3 is 14.5 Å². The number of likely N-dealkylation sites (N-methyl/N-ethyl adjacent to an activating group) is 1. The Morgan fingerprint density at radius 1 is 1.21 bits per heavy atom. The van der Waals surface area contributed by atoms with Gasteiger partial charge in [-0.15, -0.1) is 0 Å². The molecular formula is C33H41ClN6O2. The van der Waals surface area contributed by atoms with Gasteiger partial charge in [0.15, 0.2) is 0 Å². The smallest absolute Gasteiger partial charge is 0.318 e. The van der Waals surface area contributed by atoms with Crippen LogP contribution in [0.15, 0.2) is 35.9 Å². The monoisotopic (exact) mass is 588 g/mol. The third-order valence-electron chi connectivity index (χ3n) is 11.5. The van der Waals surface area contributed by atoms with Crippen molar-refractivity contribution in [2.24, 2.45) is 17.3 Å². The number of anilines is 1. The molecular weight excluding hydrogens is 548 g/mol. The van der Waals surface area contributed by atoms with Gasteiger partial charge in [-0.3, -0.25) is 9.69 Å². The molecule has 2 saturated carbocycles. The minimum Gasteiger partial charge on any atom is -0.462 e. The van der Waals surface area contributed by atoms with Gasteiger partial charge in [0.2, 0.25) is 5.91 Å². The van der Waals surface area contributed by atoms with Crippen molar-refractivity contribution in [3.8, 4) is 12.1 Å². The summed E-state index contributed by atoms with van der Waals surface area (Å²) in [4.78, 5) is 29.3. The third kappa shape index (κ3) is 4.64. The van der Waals surface area contributed by atoms with Crippen LogP contribution >= 0.6 is 11.6 Å². The maximum Gasteiger partial charge on any atom is 0.318 e. The summed E-state index contributed by atoms with van der Waals surface area (Å²) in [5, 5.41) is 10.5. The first-order valence-electron chi connectivity index (χ1n) is 15.7. The van der Waals surface area contributed by atoms with Gasteiger partial charge in [-0.25, -0.2) is 0 Å². The zero-order chi connectivity index (χ0) is 29.1. The van der Waals surface area contributed by atoms with Gasteiger partial charge in [0.25, 0.3) is 0 Å². The first-order valence-corrected chi connectivity index (χ1v) is 16.1. The number of allylic oxidation sites excluding steroid dienone is 4. The second kappa shape index (κ2) is 10.7. The molecule has 42 heavy (non-hydrogen) atoms. The number of aromatic nitrogens is 2. The molecule has 2 saturated heterocycles. The Bertz CT molecular complexity index is 1380. The predicted octanol–water partition coefficient (Wildman–Crippen LogP) is 4.79. The molecule has 2 aliphatic heterocycles. The molecule has 8 nitrogen and oxygen atoms in total. The highest BCUT2D eigenvalue weighted by Crippen LogP contribution is 2.58. The van der Waals surface area contributed by atoms with Gasteiger partial charge in [-0.2, -0.15) is 15.2 Å². The number of rotatable bonds is 6. The van der Waals surface area contributed by atoms with Crippen molar-refractivity contribution in [1.82, 2.24) is 19.8 Å². The number of carbonyl (C=O) groups is 1. The fourth-order valence-corrected chi connectivity index (χ4v) is 9.13. The van der Waals surface area contributed by atoms with Crippen molar-refractivity contribution in [2.75, 3.05) is 38.2 Å². The van der Waals surface area contributed by atoms with Gasteiger partial charge in [-0.1, -0.05) is 30.3 Å². The molecule has 0 bridgehead atoms. The van der Waals surface area contributed by atoms with Crippen LogP contribution in [0.2, 0.25) is 0 Å². The van der Waals surface area contributed by atoms with E-state index in [1.54, 1.807) is 4.90 Å². The number of piperazine rings is 1. The average Bonchev–Trinajstić information content (AvgIpc) is 3.63. The molecule has 0 radical (unpaired) electrons. The van der Waals surface area contributed by atoms with Crippen molar-refractivity contribution >= 4 is 23.3 Å². The Morgan fingerprint density at radius 2 is 2.07 bits per heavy atom. The molecule has 1 aromatic heterocycles. The molecule has 0 aromatic carbocycles. The van der Waals surface area contributed by atoms with E-state index in [9.17, 15) is 10.1 Å². The first kappa shape index (κ1) is 27.9. The lowest BCUT2D eigenvalue weighted by molar-refractivity contribution is -0.128. The van der Waals surface area contributed by atoms with E-state index in [2.05, 4.69) is 47.7 Å². The number of halogens is 1. The first-order chi connectivity index (χ1) is 20.4. The summed E-state index contributed by atoms with van der Waals surface area (Å²) < 4.78 is 6.44. The summed E-state index contributed by atoms with van der Waals surface area (Å²) in [7, 11) is 2.24. The van der Waals surface area contributed by atoms with Crippen LogP contribution in [0, 0.1) is 28.6 Å². The molecule has 1 aromatic rings. The van der Waals surface area contributed by atoms with Gasteiger partial charge in [0.05, 0.1) is 24.2 Å². The Hall–Kier alpha value is -2.89. The van der Waals surface area contributed by atoms with Crippen LogP contribution in [0.5, 0.6) is 6.01 Å². The summed E-state index contributed by atoms with van der Waals surface area (Å²) in [6, 6.07) is 2.91. The van der Waals surface area contributed by atoms with Crippen LogP contribution < -0.4 is 9.64 Å². The van der Waals surface area contributed by atoms with Crippen LogP contribution in [-0.2, 0) is 17.6 Å². The largest absolute Gasteiger partial charge is 0.462 e. The third-order valence-corrected chi connectivity index (χ3v) is 11.9. The van der Waals surface area contributed by atoms with Crippen molar-refractivity contribution < 1.29 is 9.53 Å². The van der Waals surface area contributed by atoms with Crippen LogP contribution in [-0.4, -0.2) is 76.6 Å². The van der Waals surface area contributed by atoms with E-state index in [4.69, 9.17) is 26.3 Å². The normalized spacial score (nSPS) is 32.8. The summed E-state index contributed by atoms with van der Waals surface area (Å²) in [5.74, 6) is 1.64. The maximum absolute atomic E-state index is 12.6. The lowest BCUT2D eigenvalue weighted by Crippen LogP contribution is -2.55. The number of hydrogen-bond acceptors (Lipinski definition) is 7. The number of fused-ring (bicyclic) bond motifs is 3. The molecule has 9 heteroatoms. The number of nitriles is 1. The lowest BCUT2D eigenvalue weighted by atomic mass is 9.65. The van der Waals surface area contributed by atoms with Crippen molar-refractivity contribution in [2.45, 2.75) is 81.8 Å². The summed E-state index contributed by atoms with van der Waals surface area (Å²) in [6.07, 6.45) is 18.3. The van der Waals surface area contributed by atoms with E-state index >= 15 is 0 Å². The molecule has 4 aliphatic carbocycles. The second-order valence-corrected chi connectivity index (χ2v) is 13.9. The van der Waals surface area contributed by atoms with Crippen molar-refractivity contribution in [3.05, 3.63) is 47.2 Å². The Labute approximate surface area is 254 Å². The maximum atomic E-state index is 12.6. The van der Waals surface area contributed by atoms with Gasteiger partial charge in [0.1, 0.15) is 12.4 Å². The van der Waals surface area contributed by atoms with Crippen LogP contribution in [0.4, 0.5) is 5.82 Å². The second-order valence-electron chi connectivity index (χ2n) is 13.4. The number of likely N-dealkylation sites (tertiary alicyclic amines) is 1. The van der Waals surface area contributed by atoms with Gasteiger partial charge in [0, 0.05) is 47.7 Å². The van der Waals surface area contributed by atoms with Crippen molar-refractivity contribution in [1.29, 1.82) is 5.26 Å².